The van der Waals surface area contributed by atoms with E-state index in [2.05, 4.69) is 10.2 Å². The minimum Gasteiger partial charge on any atom is -0.449 e. The zero-order valence-electron chi connectivity index (χ0n) is 16.1. The van der Waals surface area contributed by atoms with Crippen molar-refractivity contribution in [3.63, 3.8) is 0 Å². The average molecular weight is 394 g/mol. The molecule has 1 aromatic heterocycles. The largest absolute Gasteiger partial charge is 0.449 e. The monoisotopic (exact) mass is 394 g/mol. The number of morpholine rings is 1. The number of fused-ring (bicyclic) bond motifs is 1. The van der Waals surface area contributed by atoms with Gasteiger partial charge in [0.05, 0.1) is 13.2 Å². The summed E-state index contributed by atoms with van der Waals surface area (Å²) in [4.78, 5) is 26.9. The van der Waals surface area contributed by atoms with Gasteiger partial charge in [-0.15, -0.1) is 0 Å². The minimum atomic E-state index is -0.963. The van der Waals surface area contributed by atoms with E-state index in [-0.39, 0.29) is 5.76 Å². The van der Waals surface area contributed by atoms with E-state index in [4.69, 9.17) is 13.9 Å². The van der Waals surface area contributed by atoms with Crippen LogP contribution in [-0.4, -0.2) is 44.3 Å². The number of hydrogen-bond donors (Lipinski definition) is 1. The maximum atomic E-state index is 12.4. The molecule has 0 saturated carbocycles. The van der Waals surface area contributed by atoms with Crippen LogP contribution < -0.4 is 10.2 Å². The lowest BCUT2D eigenvalue weighted by Crippen LogP contribution is -2.36. The lowest BCUT2D eigenvalue weighted by Gasteiger charge is -2.28. The van der Waals surface area contributed by atoms with Crippen molar-refractivity contribution in [3.8, 4) is 0 Å². The molecule has 1 aliphatic heterocycles. The molecular formula is C22H22N2O5. The number of benzene rings is 2. The SMILES string of the molecule is C[C@H](OC(=O)c1cc2ccccc2o1)C(=O)Nc1ccc(N2CCOCC2)cc1. The zero-order valence-corrected chi connectivity index (χ0v) is 16.1. The van der Waals surface area contributed by atoms with E-state index in [9.17, 15) is 9.59 Å². The smallest absolute Gasteiger partial charge is 0.375 e. The molecule has 0 bridgehead atoms. The molecular weight excluding hydrogens is 372 g/mol. The van der Waals surface area contributed by atoms with Gasteiger partial charge in [-0.2, -0.15) is 0 Å². The number of nitrogens with zero attached hydrogens (tertiary/aromatic N) is 1. The third kappa shape index (κ3) is 4.41. The Balaban J connectivity index is 1.34. The van der Waals surface area contributed by atoms with Crippen LogP contribution in [0.5, 0.6) is 0 Å². The first-order valence-corrected chi connectivity index (χ1v) is 9.53. The van der Waals surface area contributed by atoms with E-state index in [1.165, 1.54) is 6.92 Å². The van der Waals surface area contributed by atoms with Gasteiger partial charge >= 0.3 is 5.97 Å². The van der Waals surface area contributed by atoms with E-state index in [1.54, 1.807) is 12.1 Å². The quantitative estimate of drug-likeness (QED) is 0.668. The molecule has 1 aliphatic rings. The van der Waals surface area contributed by atoms with Crippen molar-refractivity contribution in [3.05, 3.63) is 60.4 Å². The highest BCUT2D eigenvalue weighted by Gasteiger charge is 2.22. The topological polar surface area (TPSA) is 81.0 Å². The van der Waals surface area contributed by atoms with E-state index < -0.39 is 18.0 Å². The normalized spacial score (nSPS) is 15.1. The molecule has 29 heavy (non-hydrogen) atoms. The van der Waals surface area contributed by atoms with Crippen LogP contribution in [0, 0.1) is 0 Å². The molecule has 1 fully saturated rings. The number of ether oxygens (including phenoxy) is 2. The van der Waals surface area contributed by atoms with Gasteiger partial charge in [0.2, 0.25) is 5.76 Å². The average Bonchev–Trinajstić information content (AvgIpc) is 3.19. The molecule has 7 heteroatoms. The molecule has 7 nitrogen and oxygen atoms in total. The molecule has 2 heterocycles. The number of hydrogen-bond acceptors (Lipinski definition) is 6. The summed E-state index contributed by atoms with van der Waals surface area (Å²) < 4.78 is 16.1. The van der Waals surface area contributed by atoms with Crippen LogP contribution in [0.3, 0.4) is 0 Å². The van der Waals surface area contributed by atoms with Gasteiger partial charge in [-0.1, -0.05) is 18.2 Å². The molecule has 4 rings (SSSR count). The second-order valence-corrected chi connectivity index (χ2v) is 6.83. The Bertz CT molecular complexity index is 972. The van der Waals surface area contributed by atoms with Gasteiger partial charge in [0.25, 0.3) is 5.91 Å². The van der Waals surface area contributed by atoms with Crippen LogP contribution in [0.25, 0.3) is 11.0 Å². The Labute approximate surface area is 168 Å². The van der Waals surface area contributed by atoms with Crippen molar-refractivity contribution >= 4 is 34.2 Å². The van der Waals surface area contributed by atoms with Crippen LogP contribution in [0.1, 0.15) is 17.5 Å². The van der Waals surface area contributed by atoms with Crippen molar-refractivity contribution in [1.29, 1.82) is 0 Å². The minimum absolute atomic E-state index is 0.0701. The maximum absolute atomic E-state index is 12.4. The summed E-state index contributed by atoms with van der Waals surface area (Å²) in [5, 5.41) is 3.57. The molecule has 1 atom stereocenters. The van der Waals surface area contributed by atoms with Crippen molar-refractivity contribution in [2.75, 3.05) is 36.5 Å². The summed E-state index contributed by atoms with van der Waals surface area (Å²) in [6.07, 6.45) is -0.963. The van der Waals surface area contributed by atoms with Gasteiger partial charge in [0.1, 0.15) is 5.58 Å². The highest BCUT2D eigenvalue weighted by Crippen LogP contribution is 2.21. The number of amides is 1. The number of rotatable bonds is 5. The number of anilines is 2. The fraction of sp³-hybridized carbons (Fsp3) is 0.273. The van der Waals surface area contributed by atoms with Crippen molar-refractivity contribution in [2.24, 2.45) is 0 Å². The Kier molecular flexibility index (Phi) is 5.48. The van der Waals surface area contributed by atoms with Crippen molar-refractivity contribution in [2.45, 2.75) is 13.0 Å². The van der Waals surface area contributed by atoms with Crippen LogP contribution in [0.4, 0.5) is 11.4 Å². The third-order valence-electron chi connectivity index (χ3n) is 4.79. The Morgan fingerprint density at radius 3 is 2.52 bits per heavy atom. The second-order valence-electron chi connectivity index (χ2n) is 6.83. The van der Waals surface area contributed by atoms with E-state index >= 15 is 0 Å². The maximum Gasteiger partial charge on any atom is 0.375 e. The number of nitrogens with one attached hydrogen (secondary N) is 1. The summed E-state index contributed by atoms with van der Waals surface area (Å²) in [6.45, 7) is 4.65. The second kappa shape index (κ2) is 8.36. The number of carbonyl (C=O) groups excluding carboxylic acids is 2. The first kappa shape index (κ1) is 19.0. The molecule has 0 radical (unpaired) electrons. The third-order valence-corrected chi connectivity index (χ3v) is 4.79. The Hall–Kier alpha value is -3.32. The summed E-state index contributed by atoms with van der Waals surface area (Å²) in [6, 6.07) is 16.4. The molecule has 0 spiro atoms. The molecule has 0 unspecified atom stereocenters. The number of furan rings is 1. The highest BCUT2D eigenvalue weighted by molar-refractivity contribution is 5.98. The number of para-hydroxylation sites is 1. The Morgan fingerprint density at radius 1 is 1.07 bits per heavy atom. The summed E-state index contributed by atoms with van der Waals surface area (Å²) in [5.74, 6) is -1.01. The fourth-order valence-corrected chi connectivity index (χ4v) is 3.18. The van der Waals surface area contributed by atoms with Gasteiger partial charge in [0, 0.05) is 29.9 Å². The lowest BCUT2D eigenvalue weighted by molar-refractivity contribution is -0.123. The van der Waals surface area contributed by atoms with Crippen LogP contribution in [0.15, 0.2) is 59.0 Å². The van der Waals surface area contributed by atoms with Crippen molar-refractivity contribution in [1.82, 2.24) is 0 Å². The van der Waals surface area contributed by atoms with Gasteiger partial charge in [-0.05, 0) is 43.3 Å². The summed E-state index contributed by atoms with van der Waals surface area (Å²) >= 11 is 0. The summed E-state index contributed by atoms with van der Waals surface area (Å²) in [5.41, 5.74) is 2.31. The standard InChI is InChI=1S/C22H22N2O5/c1-15(28-22(26)20-14-16-4-2-3-5-19(16)29-20)21(25)23-17-6-8-18(9-7-17)24-10-12-27-13-11-24/h2-9,14-15H,10-13H2,1H3,(H,23,25)/t15-/m0/s1. The highest BCUT2D eigenvalue weighted by atomic mass is 16.6. The molecule has 150 valence electrons. The van der Waals surface area contributed by atoms with Crippen molar-refractivity contribution < 1.29 is 23.5 Å². The molecule has 1 amide bonds. The molecule has 1 N–H and O–H groups in total. The summed E-state index contributed by atoms with van der Waals surface area (Å²) in [7, 11) is 0. The predicted octanol–water partition coefficient (Wildman–Crippen LogP) is 3.45. The van der Waals surface area contributed by atoms with Crippen LogP contribution >= 0.6 is 0 Å². The zero-order chi connectivity index (χ0) is 20.2. The first-order valence-electron chi connectivity index (χ1n) is 9.53. The van der Waals surface area contributed by atoms with Gasteiger partial charge in [-0.25, -0.2) is 4.79 Å². The van der Waals surface area contributed by atoms with Crippen LogP contribution in [0.2, 0.25) is 0 Å². The van der Waals surface area contributed by atoms with Gasteiger partial charge < -0.3 is 24.1 Å². The number of esters is 1. The Morgan fingerprint density at radius 2 is 1.79 bits per heavy atom. The molecule has 2 aromatic carbocycles. The van der Waals surface area contributed by atoms with Crippen LogP contribution in [-0.2, 0) is 14.3 Å². The molecule has 3 aromatic rings. The first-order chi connectivity index (χ1) is 14.1. The molecule has 0 aliphatic carbocycles. The van der Waals surface area contributed by atoms with E-state index in [1.807, 2.05) is 42.5 Å². The van der Waals surface area contributed by atoms with E-state index in [0.29, 0.717) is 24.5 Å². The fourth-order valence-electron chi connectivity index (χ4n) is 3.18. The lowest BCUT2D eigenvalue weighted by atomic mass is 10.2. The van der Waals surface area contributed by atoms with Gasteiger partial charge in [-0.3, -0.25) is 4.79 Å². The predicted molar refractivity (Wildman–Crippen MR) is 109 cm³/mol. The van der Waals surface area contributed by atoms with Gasteiger partial charge in [0.15, 0.2) is 6.10 Å². The van der Waals surface area contributed by atoms with E-state index in [0.717, 1.165) is 24.2 Å². The number of carbonyl (C=O) groups is 2. The molecule has 1 saturated heterocycles.